The molecule has 0 radical (unpaired) electrons. The van der Waals surface area contributed by atoms with Crippen LogP contribution in [0.15, 0.2) is 85.1 Å². The summed E-state index contributed by atoms with van der Waals surface area (Å²) in [6.07, 6.45) is 46.3. The number of carbonyl (C=O) groups is 3. The smallest absolute Gasteiger partial charge is 0.306 e. The van der Waals surface area contributed by atoms with Crippen LogP contribution in [0.3, 0.4) is 0 Å². The Labute approximate surface area is 329 Å². The number of carbonyl (C=O) groups excluding carboxylic acids is 3. The van der Waals surface area contributed by atoms with Crippen LogP contribution in [0.25, 0.3) is 0 Å². The normalized spacial score (nSPS) is 13.9. The standard InChI is InChI=1S/C46H75NO7/c1-6-8-10-12-14-16-18-20-21-22-23-25-26-28-30-32-34-36-44(48)53-41-42(40-52-39-38-43(46(50)51)47(3,4)5)54-45(49)37-35-33-31-29-27-24-19-17-15-13-11-9-7-2/h8-11,14-17,20-21,24,27,31,33,42-43H,6-7,12-13,18-19,22-23,25-26,28-30,32,34-41H2,1-5H3/b10-8-,11-9-,16-14-,17-15-,21-20-,27-24-,33-31-. The highest BCUT2D eigenvalue weighted by Crippen LogP contribution is 2.12. The molecule has 0 saturated carbocycles. The lowest BCUT2D eigenvalue weighted by atomic mass is 10.1. The van der Waals surface area contributed by atoms with Crippen LogP contribution in [0, 0.1) is 0 Å². The molecule has 0 bridgehead atoms. The minimum atomic E-state index is -1.14. The van der Waals surface area contributed by atoms with E-state index in [1.165, 1.54) is 19.3 Å². The molecule has 0 heterocycles. The molecule has 2 unspecified atom stereocenters. The van der Waals surface area contributed by atoms with Crippen molar-refractivity contribution in [3.8, 4) is 0 Å². The van der Waals surface area contributed by atoms with Crippen molar-refractivity contribution in [2.45, 2.75) is 148 Å². The van der Waals surface area contributed by atoms with Gasteiger partial charge in [0.15, 0.2) is 6.10 Å². The van der Waals surface area contributed by atoms with Crippen LogP contribution >= 0.6 is 0 Å². The van der Waals surface area contributed by atoms with Gasteiger partial charge >= 0.3 is 11.9 Å². The summed E-state index contributed by atoms with van der Waals surface area (Å²) in [5.74, 6) is -1.87. The molecule has 54 heavy (non-hydrogen) atoms. The van der Waals surface area contributed by atoms with E-state index in [1.54, 1.807) is 21.1 Å². The van der Waals surface area contributed by atoms with Crippen molar-refractivity contribution < 1.29 is 38.2 Å². The predicted molar refractivity (Wildman–Crippen MR) is 222 cm³/mol. The molecule has 0 saturated heterocycles. The number of allylic oxidation sites excluding steroid dienone is 14. The Bertz CT molecular complexity index is 1160. The fourth-order valence-electron chi connectivity index (χ4n) is 5.39. The zero-order chi connectivity index (χ0) is 40.0. The zero-order valence-corrected chi connectivity index (χ0v) is 34.6. The van der Waals surface area contributed by atoms with E-state index in [2.05, 4.69) is 86.8 Å². The number of quaternary nitrogens is 1. The Hall–Kier alpha value is -3.49. The Morgan fingerprint density at radius 2 is 1.02 bits per heavy atom. The van der Waals surface area contributed by atoms with Gasteiger partial charge in [-0.15, -0.1) is 0 Å². The average molecular weight is 754 g/mol. The van der Waals surface area contributed by atoms with Gasteiger partial charge in [0.25, 0.3) is 0 Å². The molecule has 8 heteroatoms. The predicted octanol–water partition coefficient (Wildman–Crippen LogP) is 9.63. The van der Waals surface area contributed by atoms with E-state index >= 15 is 0 Å². The van der Waals surface area contributed by atoms with Gasteiger partial charge < -0.3 is 28.6 Å². The molecular weight excluding hydrogens is 679 g/mol. The first kappa shape index (κ1) is 50.5. The van der Waals surface area contributed by atoms with E-state index in [0.717, 1.165) is 77.0 Å². The van der Waals surface area contributed by atoms with E-state index in [1.807, 2.05) is 12.2 Å². The first-order chi connectivity index (χ1) is 26.1. The van der Waals surface area contributed by atoms with Gasteiger partial charge in [-0.3, -0.25) is 9.59 Å². The molecule has 2 atom stereocenters. The van der Waals surface area contributed by atoms with Crippen molar-refractivity contribution in [3.63, 3.8) is 0 Å². The second-order valence-electron chi connectivity index (χ2n) is 14.5. The second kappa shape index (κ2) is 36.5. The maximum Gasteiger partial charge on any atom is 0.306 e. The summed E-state index contributed by atoms with van der Waals surface area (Å²) in [5.41, 5.74) is 0. The molecule has 0 aliphatic carbocycles. The van der Waals surface area contributed by atoms with Crippen molar-refractivity contribution in [1.82, 2.24) is 0 Å². The Balaban J connectivity index is 4.48. The highest BCUT2D eigenvalue weighted by Gasteiger charge is 2.25. The van der Waals surface area contributed by atoms with E-state index in [4.69, 9.17) is 14.2 Å². The number of carboxylic acid groups (broad SMARTS) is 1. The summed E-state index contributed by atoms with van der Waals surface area (Å²) in [6, 6.07) is -0.743. The minimum absolute atomic E-state index is 0.00365. The van der Waals surface area contributed by atoms with Crippen molar-refractivity contribution in [2.75, 3.05) is 41.0 Å². The summed E-state index contributed by atoms with van der Waals surface area (Å²) in [4.78, 5) is 36.7. The molecule has 0 aromatic carbocycles. The minimum Gasteiger partial charge on any atom is -0.544 e. The lowest BCUT2D eigenvalue weighted by Gasteiger charge is -2.34. The summed E-state index contributed by atoms with van der Waals surface area (Å²) >= 11 is 0. The van der Waals surface area contributed by atoms with Gasteiger partial charge in [0.2, 0.25) is 0 Å². The number of carboxylic acids is 1. The molecule has 306 valence electrons. The molecular formula is C46H75NO7. The fraction of sp³-hybridized carbons (Fsp3) is 0.630. The summed E-state index contributed by atoms with van der Waals surface area (Å²) in [6.45, 7) is 4.32. The second-order valence-corrected chi connectivity index (χ2v) is 14.5. The summed E-state index contributed by atoms with van der Waals surface area (Å²) in [5, 5.41) is 11.6. The van der Waals surface area contributed by atoms with Gasteiger partial charge in [-0.05, 0) is 70.6 Å². The van der Waals surface area contributed by atoms with Crippen molar-refractivity contribution >= 4 is 17.9 Å². The number of rotatable bonds is 35. The highest BCUT2D eigenvalue weighted by atomic mass is 16.6. The molecule has 0 fully saturated rings. The van der Waals surface area contributed by atoms with E-state index in [9.17, 15) is 19.5 Å². The molecule has 0 aromatic heterocycles. The van der Waals surface area contributed by atoms with Crippen LogP contribution in [-0.4, -0.2) is 75.5 Å². The summed E-state index contributed by atoms with van der Waals surface area (Å²) in [7, 11) is 5.36. The number of aliphatic carboxylic acids is 1. The summed E-state index contributed by atoms with van der Waals surface area (Å²) < 4.78 is 17.0. The number of ether oxygens (including phenoxy) is 3. The van der Waals surface area contributed by atoms with Crippen molar-refractivity contribution in [1.29, 1.82) is 0 Å². The van der Waals surface area contributed by atoms with E-state index < -0.39 is 24.1 Å². The van der Waals surface area contributed by atoms with Gasteiger partial charge in [0.05, 0.1) is 40.3 Å². The average Bonchev–Trinajstić information content (AvgIpc) is 3.12. The number of esters is 2. The van der Waals surface area contributed by atoms with Crippen LogP contribution in [-0.2, 0) is 28.6 Å². The maximum atomic E-state index is 12.6. The lowest BCUT2D eigenvalue weighted by Crippen LogP contribution is -2.55. The fourth-order valence-corrected chi connectivity index (χ4v) is 5.39. The molecule has 0 N–H and O–H groups in total. The number of hydrogen-bond acceptors (Lipinski definition) is 7. The molecule has 0 amide bonds. The van der Waals surface area contributed by atoms with Crippen LogP contribution in [0.5, 0.6) is 0 Å². The monoisotopic (exact) mass is 754 g/mol. The zero-order valence-electron chi connectivity index (χ0n) is 34.6. The maximum absolute atomic E-state index is 12.6. The van der Waals surface area contributed by atoms with Crippen LogP contribution in [0.4, 0.5) is 0 Å². The van der Waals surface area contributed by atoms with E-state index in [0.29, 0.717) is 12.8 Å². The number of hydrogen-bond donors (Lipinski definition) is 0. The molecule has 0 aromatic rings. The van der Waals surface area contributed by atoms with E-state index in [-0.39, 0.29) is 43.1 Å². The third-order valence-electron chi connectivity index (χ3n) is 8.54. The Morgan fingerprint density at radius 3 is 1.52 bits per heavy atom. The Morgan fingerprint density at radius 1 is 0.556 bits per heavy atom. The first-order valence-corrected chi connectivity index (χ1v) is 20.6. The Kier molecular flexibility index (Phi) is 34.1. The molecule has 8 nitrogen and oxygen atoms in total. The topological polar surface area (TPSA) is 102 Å². The first-order valence-electron chi connectivity index (χ1n) is 20.6. The van der Waals surface area contributed by atoms with Gasteiger partial charge in [-0.1, -0.05) is 131 Å². The van der Waals surface area contributed by atoms with Gasteiger partial charge in [-0.2, -0.15) is 0 Å². The van der Waals surface area contributed by atoms with Gasteiger partial charge in [-0.25, -0.2) is 0 Å². The number of unbranched alkanes of at least 4 members (excludes halogenated alkanes) is 7. The SMILES string of the molecule is CC/C=C\C/C=C\C/C=C\C/C=C\CCC(=O)OC(COCCC(C(=O)[O-])[N+](C)(C)C)COC(=O)CCCCCCCCC/C=C\C/C=C\C/C=C\CC. The van der Waals surface area contributed by atoms with Crippen LogP contribution in [0.1, 0.15) is 136 Å². The van der Waals surface area contributed by atoms with Crippen LogP contribution < -0.4 is 5.11 Å². The highest BCUT2D eigenvalue weighted by molar-refractivity contribution is 5.70. The quantitative estimate of drug-likeness (QED) is 0.0275. The molecule has 0 aliphatic heterocycles. The number of nitrogens with zero attached hydrogens (tertiary/aromatic N) is 1. The third kappa shape index (κ3) is 34.3. The largest absolute Gasteiger partial charge is 0.544 e. The number of likely N-dealkylation sites (N-methyl/N-ethyl adjacent to an activating group) is 1. The van der Waals surface area contributed by atoms with Crippen molar-refractivity contribution in [2.24, 2.45) is 0 Å². The molecule has 0 spiro atoms. The molecule has 0 aliphatic rings. The van der Waals surface area contributed by atoms with Crippen LogP contribution in [0.2, 0.25) is 0 Å². The third-order valence-corrected chi connectivity index (χ3v) is 8.54. The van der Waals surface area contributed by atoms with Gasteiger partial charge in [0.1, 0.15) is 12.6 Å². The lowest BCUT2D eigenvalue weighted by molar-refractivity contribution is -0.889. The molecule has 0 rings (SSSR count). The van der Waals surface area contributed by atoms with Crippen molar-refractivity contribution in [3.05, 3.63) is 85.1 Å². The van der Waals surface area contributed by atoms with Gasteiger partial charge in [0, 0.05) is 19.3 Å².